The lowest BCUT2D eigenvalue weighted by Crippen LogP contribution is -2.40. The summed E-state index contributed by atoms with van der Waals surface area (Å²) in [4.78, 5) is 26.8. The fourth-order valence-electron chi connectivity index (χ4n) is 3.61. The predicted octanol–water partition coefficient (Wildman–Crippen LogP) is 2.60. The molecule has 0 aliphatic carbocycles. The Balaban J connectivity index is 1.36. The largest absolute Gasteiger partial charge is 0.492 e. The molecule has 1 saturated heterocycles. The standard InChI is InChI=1S/C22H24N4O3/c27-21-9-8-20(23-26(21)16-17-29-19-6-2-1-3-7-19)22(28)25-14-10-18(11-15-25)24-12-4-5-13-24/h1-9,12-13,18H,10-11,14-17H2. The Morgan fingerprint density at radius 1 is 1.00 bits per heavy atom. The number of hydrogen-bond donors (Lipinski definition) is 0. The van der Waals surface area contributed by atoms with E-state index in [-0.39, 0.29) is 18.0 Å². The molecule has 0 atom stereocenters. The van der Waals surface area contributed by atoms with Gasteiger partial charge in [-0.2, -0.15) is 5.10 Å². The number of carbonyl (C=O) groups excluding carboxylic acids is 1. The summed E-state index contributed by atoms with van der Waals surface area (Å²) in [6, 6.07) is 16.8. The van der Waals surface area contributed by atoms with Crippen molar-refractivity contribution < 1.29 is 9.53 Å². The van der Waals surface area contributed by atoms with Crippen LogP contribution < -0.4 is 10.3 Å². The average Bonchev–Trinajstić information content (AvgIpc) is 3.30. The quantitative estimate of drug-likeness (QED) is 0.647. The van der Waals surface area contributed by atoms with Crippen LogP contribution in [-0.2, 0) is 6.54 Å². The van der Waals surface area contributed by atoms with E-state index in [2.05, 4.69) is 22.1 Å². The molecule has 1 fully saturated rings. The van der Waals surface area contributed by atoms with Crippen molar-refractivity contribution in [2.75, 3.05) is 19.7 Å². The number of carbonyl (C=O) groups is 1. The molecule has 3 heterocycles. The van der Waals surface area contributed by atoms with Crippen LogP contribution in [0.15, 0.2) is 71.8 Å². The van der Waals surface area contributed by atoms with Gasteiger partial charge in [-0.3, -0.25) is 9.59 Å². The summed E-state index contributed by atoms with van der Waals surface area (Å²) in [5, 5.41) is 4.28. The summed E-state index contributed by atoms with van der Waals surface area (Å²) in [7, 11) is 0. The zero-order valence-corrected chi connectivity index (χ0v) is 16.2. The lowest BCUT2D eigenvalue weighted by atomic mass is 10.0. The molecule has 2 aromatic heterocycles. The van der Waals surface area contributed by atoms with Crippen LogP contribution in [0.5, 0.6) is 5.75 Å². The SMILES string of the molecule is O=C(c1ccc(=O)n(CCOc2ccccc2)n1)N1CCC(n2cccc2)CC1. The number of para-hydroxylation sites is 1. The molecule has 7 heteroatoms. The van der Waals surface area contributed by atoms with Gasteiger partial charge in [0.2, 0.25) is 0 Å². The summed E-state index contributed by atoms with van der Waals surface area (Å²) in [6.07, 6.45) is 5.95. The molecule has 0 N–H and O–H groups in total. The Morgan fingerprint density at radius 2 is 1.72 bits per heavy atom. The Hall–Kier alpha value is -3.35. The normalized spacial score (nSPS) is 14.7. The van der Waals surface area contributed by atoms with Crippen molar-refractivity contribution in [3.05, 3.63) is 83.0 Å². The van der Waals surface area contributed by atoms with Gasteiger partial charge in [-0.05, 0) is 43.2 Å². The van der Waals surface area contributed by atoms with Crippen molar-refractivity contribution in [2.45, 2.75) is 25.4 Å². The fourth-order valence-corrected chi connectivity index (χ4v) is 3.61. The molecule has 1 aromatic carbocycles. The summed E-state index contributed by atoms with van der Waals surface area (Å²) >= 11 is 0. The lowest BCUT2D eigenvalue weighted by molar-refractivity contribution is 0.0685. The highest BCUT2D eigenvalue weighted by Crippen LogP contribution is 2.23. The van der Waals surface area contributed by atoms with Gasteiger partial charge in [0.15, 0.2) is 0 Å². The first-order chi connectivity index (χ1) is 14.2. The average molecular weight is 392 g/mol. The number of rotatable bonds is 6. The lowest BCUT2D eigenvalue weighted by Gasteiger charge is -2.32. The Labute approximate surface area is 169 Å². The summed E-state index contributed by atoms with van der Waals surface area (Å²) in [6.45, 7) is 1.95. The van der Waals surface area contributed by atoms with Crippen LogP contribution in [0.2, 0.25) is 0 Å². The second-order valence-electron chi connectivity index (χ2n) is 7.10. The molecule has 29 heavy (non-hydrogen) atoms. The van der Waals surface area contributed by atoms with Crippen LogP contribution in [-0.4, -0.2) is 44.9 Å². The van der Waals surface area contributed by atoms with E-state index in [0.717, 1.165) is 18.6 Å². The van der Waals surface area contributed by atoms with Gasteiger partial charge in [-0.15, -0.1) is 0 Å². The molecule has 0 bridgehead atoms. The van der Waals surface area contributed by atoms with E-state index in [9.17, 15) is 9.59 Å². The molecule has 150 valence electrons. The monoisotopic (exact) mass is 392 g/mol. The smallest absolute Gasteiger partial charge is 0.274 e. The topological polar surface area (TPSA) is 69.4 Å². The zero-order valence-electron chi connectivity index (χ0n) is 16.2. The number of nitrogens with zero attached hydrogens (tertiary/aromatic N) is 4. The van der Waals surface area contributed by atoms with Crippen LogP contribution >= 0.6 is 0 Å². The molecule has 1 aliphatic heterocycles. The van der Waals surface area contributed by atoms with Gasteiger partial charge in [0.05, 0.1) is 6.54 Å². The van der Waals surface area contributed by atoms with Gasteiger partial charge >= 0.3 is 0 Å². The number of amides is 1. The molecule has 4 rings (SSSR count). The molecular formula is C22H24N4O3. The Bertz CT molecular complexity index is 990. The number of aromatic nitrogens is 3. The van der Waals surface area contributed by atoms with Crippen molar-refractivity contribution in [1.29, 1.82) is 0 Å². The molecule has 3 aromatic rings. The van der Waals surface area contributed by atoms with Crippen molar-refractivity contribution in [1.82, 2.24) is 19.2 Å². The molecule has 1 aliphatic rings. The van der Waals surface area contributed by atoms with Crippen molar-refractivity contribution in [3.8, 4) is 5.75 Å². The van der Waals surface area contributed by atoms with Gasteiger partial charge in [-0.25, -0.2) is 4.68 Å². The minimum absolute atomic E-state index is 0.131. The number of ether oxygens (including phenoxy) is 1. The highest BCUT2D eigenvalue weighted by Gasteiger charge is 2.25. The number of likely N-dealkylation sites (tertiary alicyclic amines) is 1. The third-order valence-corrected chi connectivity index (χ3v) is 5.20. The zero-order chi connectivity index (χ0) is 20.1. The number of hydrogen-bond acceptors (Lipinski definition) is 4. The van der Waals surface area contributed by atoms with E-state index in [0.29, 0.717) is 31.4 Å². The molecule has 0 saturated carbocycles. The van der Waals surface area contributed by atoms with Gasteiger partial charge in [0, 0.05) is 37.6 Å². The van der Waals surface area contributed by atoms with E-state index < -0.39 is 0 Å². The Kier molecular flexibility index (Phi) is 5.74. The van der Waals surface area contributed by atoms with Crippen molar-refractivity contribution in [3.63, 3.8) is 0 Å². The summed E-state index contributed by atoms with van der Waals surface area (Å²) in [5.41, 5.74) is 0.0493. The maximum absolute atomic E-state index is 12.9. The van der Waals surface area contributed by atoms with Gasteiger partial charge in [0.1, 0.15) is 18.1 Å². The van der Waals surface area contributed by atoms with Crippen molar-refractivity contribution >= 4 is 5.91 Å². The van der Waals surface area contributed by atoms with Crippen LogP contribution in [0.3, 0.4) is 0 Å². The van der Waals surface area contributed by atoms with Crippen LogP contribution in [0.4, 0.5) is 0 Å². The van der Waals surface area contributed by atoms with Crippen LogP contribution in [0, 0.1) is 0 Å². The van der Waals surface area contributed by atoms with E-state index in [1.54, 1.807) is 0 Å². The van der Waals surface area contributed by atoms with E-state index in [4.69, 9.17) is 4.74 Å². The van der Waals surface area contributed by atoms with Gasteiger partial charge in [-0.1, -0.05) is 18.2 Å². The number of piperidine rings is 1. The molecule has 0 spiro atoms. The van der Waals surface area contributed by atoms with E-state index in [1.807, 2.05) is 47.4 Å². The molecule has 0 unspecified atom stereocenters. The number of benzene rings is 1. The minimum atomic E-state index is -0.246. The fraction of sp³-hybridized carbons (Fsp3) is 0.318. The first kappa shape index (κ1) is 19.0. The van der Waals surface area contributed by atoms with Gasteiger partial charge < -0.3 is 14.2 Å². The maximum atomic E-state index is 12.9. The highest BCUT2D eigenvalue weighted by atomic mass is 16.5. The van der Waals surface area contributed by atoms with Crippen molar-refractivity contribution in [2.24, 2.45) is 0 Å². The second-order valence-corrected chi connectivity index (χ2v) is 7.10. The molecular weight excluding hydrogens is 368 g/mol. The molecule has 0 radical (unpaired) electrons. The molecule has 7 nitrogen and oxygen atoms in total. The minimum Gasteiger partial charge on any atom is -0.492 e. The third-order valence-electron chi connectivity index (χ3n) is 5.20. The molecule has 1 amide bonds. The van der Waals surface area contributed by atoms with Crippen LogP contribution in [0.1, 0.15) is 29.4 Å². The summed E-state index contributed by atoms with van der Waals surface area (Å²) in [5.74, 6) is 0.604. The highest BCUT2D eigenvalue weighted by molar-refractivity contribution is 5.92. The Morgan fingerprint density at radius 3 is 2.45 bits per heavy atom. The van der Waals surface area contributed by atoms with E-state index in [1.165, 1.54) is 16.8 Å². The second kappa shape index (κ2) is 8.77. The predicted molar refractivity (Wildman–Crippen MR) is 109 cm³/mol. The first-order valence-electron chi connectivity index (χ1n) is 9.88. The maximum Gasteiger partial charge on any atom is 0.274 e. The van der Waals surface area contributed by atoms with Gasteiger partial charge in [0.25, 0.3) is 11.5 Å². The van der Waals surface area contributed by atoms with E-state index >= 15 is 0 Å². The summed E-state index contributed by atoms with van der Waals surface area (Å²) < 4.78 is 9.13. The first-order valence-corrected chi connectivity index (χ1v) is 9.88. The third kappa shape index (κ3) is 4.56. The van der Waals surface area contributed by atoms with Crippen LogP contribution in [0.25, 0.3) is 0 Å².